The number of rotatable bonds is 4. The summed E-state index contributed by atoms with van der Waals surface area (Å²) in [6.07, 6.45) is 14.0. The molecule has 2 aromatic carbocycles. The molecule has 1 fully saturated rings. The lowest BCUT2D eigenvalue weighted by Gasteiger charge is -2.28. The summed E-state index contributed by atoms with van der Waals surface area (Å²) in [4.78, 5) is 10.5. The van der Waals surface area contributed by atoms with Crippen LogP contribution < -0.4 is 10.6 Å². The van der Waals surface area contributed by atoms with E-state index in [0.29, 0.717) is 6.04 Å². The van der Waals surface area contributed by atoms with Crippen molar-refractivity contribution in [3.63, 3.8) is 0 Å². The molecule has 0 saturated heterocycles. The van der Waals surface area contributed by atoms with Crippen LogP contribution in [0.4, 0.5) is 5.69 Å². The lowest BCUT2D eigenvalue weighted by molar-refractivity contribution is -0.114. The molecule has 0 heterocycles. The molecule has 3 heteroatoms. The average Bonchev–Trinajstić information content (AvgIpc) is 2.75. The zero-order valence-electron chi connectivity index (χ0n) is 17.8. The fourth-order valence-electron chi connectivity index (χ4n) is 4.31. The minimum atomic E-state index is -0.0359. The maximum absolute atomic E-state index is 10.5. The van der Waals surface area contributed by atoms with Gasteiger partial charge in [-0.3, -0.25) is 4.79 Å². The predicted octanol–water partition coefficient (Wildman–Crippen LogP) is 6.27. The Kier molecular flexibility index (Phi) is 8.06. The van der Waals surface area contributed by atoms with Gasteiger partial charge in [-0.15, -0.1) is 0 Å². The van der Waals surface area contributed by atoms with Gasteiger partial charge in [-0.1, -0.05) is 67.8 Å². The van der Waals surface area contributed by atoms with E-state index in [-0.39, 0.29) is 5.91 Å². The summed E-state index contributed by atoms with van der Waals surface area (Å²) in [5.41, 5.74) is 5.33. The number of benzene rings is 2. The fourth-order valence-corrected chi connectivity index (χ4v) is 4.31. The summed E-state index contributed by atoms with van der Waals surface area (Å²) < 4.78 is 0. The molecule has 3 nitrogen and oxygen atoms in total. The van der Waals surface area contributed by atoms with Crippen molar-refractivity contribution in [3.05, 3.63) is 71.3 Å². The number of aryl methyl sites for hydroxylation is 1. The Morgan fingerprint density at radius 1 is 1.00 bits per heavy atom. The van der Waals surface area contributed by atoms with Crippen molar-refractivity contribution in [1.29, 1.82) is 0 Å². The van der Waals surface area contributed by atoms with Gasteiger partial charge in [0.15, 0.2) is 0 Å². The molecule has 1 atom stereocenters. The van der Waals surface area contributed by atoms with Crippen molar-refractivity contribution in [2.75, 3.05) is 5.32 Å². The van der Waals surface area contributed by atoms with Gasteiger partial charge in [0.25, 0.3) is 0 Å². The number of nitrogens with one attached hydrogen (secondary N) is 2. The molecule has 29 heavy (non-hydrogen) atoms. The first-order chi connectivity index (χ1) is 14.1. The van der Waals surface area contributed by atoms with Crippen LogP contribution in [0.15, 0.2) is 54.6 Å². The number of hydrogen-bond acceptors (Lipinski definition) is 2. The van der Waals surface area contributed by atoms with Crippen LogP contribution in [0.3, 0.4) is 0 Å². The van der Waals surface area contributed by atoms with Crippen LogP contribution in [0.5, 0.6) is 0 Å². The Bertz CT molecular complexity index is 807. The van der Waals surface area contributed by atoms with Gasteiger partial charge in [0.2, 0.25) is 5.91 Å². The number of amides is 1. The van der Waals surface area contributed by atoms with E-state index in [1.165, 1.54) is 68.6 Å². The summed E-state index contributed by atoms with van der Waals surface area (Å²) in [6.45, 7) is 3.82. The molecule has 0 bridgehead atoms. The Labute approximate surface area is 175 Å². The lowest BCUT2D eigenvalue weighted by Crippen LogP contribution is -2.33. The number of carbonyl (C=O) groups excluding carboxylic acids is 1. The van der Waals surface area contributed by atoms with E-state index in [0.717, 1.165) is 11.7 Å². The first-order valence-electron chi connectivity index (χ1n) is 11.0. The lowest BCUT2D eigenvalue weighted by atomic mass is 9.89. The van der Waals surface area contributed by atoms with Crippen molar-refractivity contribution < 1.29 is 4.79 Å². The second kappa shape index (κ2) is 11.0. The van der Waals surface area contributed by atoms with Crippen LogP contribution in [0.25, 0.3) is 6.08 Å². The number of carbonyl (C=O) groups is 1. The van der Waals surface area contributed by atoms with Crippen LogP contribution in [0, 0.1) is 0 Å². The minimum Gasteiger partial charge on any atom is -0.326 e. The van der Waals surface area contributed by atoms with E-state index >= 15 is 0 Å². The van der Waals surface area contributed by atoms with E-state index in [1.54, 1.807) is 0 Å². The van der Waals surface area contributed by atoms with E-state index < -0.39 is 0 Å². The normalized spacial score (nSPS) is 16.9. The van der Waals surface area contributed by atoms with Gasteiger partial charge >= 0.3 is 0 Å². The van der Waals surface area contributed by atoms with Crippen LogP contribution in [0.2, 0.25) is 0 Å². The highest BCUT2D eigenvalue weighted by Gasteiger charge is 2.19. The molecule has 4 rings (SSSR count). The monoisotopic (exact) mass is 390 g/mol. The summed E-state index contributed by atoms with van der Waals surface area (Å²) in [5.74, 6) is -0.0359. The highest BCUT2D eigenvalue weighted by atomic mass is 16.1. The molecule has 2 aromatic rings. The van der Waals surface area contributed by atoms with Gasteiger partial charge in [0.1, 0.15) is 0 Å². The van der Waals surface area contributed by atoms with E-state index in [9.17, 15) is 4.79 Å². The van der Waals surface area contributed by atoms with Crippen molar-refractivity contribution in [2.45, 2.75) is 70.9 Å². The number of hydrogen-bond donors (Lipinski definition) is 2. The number of anilines is 1. The van der Waals surface area contributed by atoms with Crippen LogP contribution in [-0.2, 0) is 11.2 Å². The molecule has 2 aliphatic carbocycles. The molecule has 0 aliphatic heterocycles. The molecule has 2 aliphatic rings. The molecular formula is C26H34N2O. The summed E-state index contributed by atoms with van der Waals surface area (Å²) in [6, 6.07) is 17.4. The third-order valence-corrected chi connectivity index (χ3v) is 5.75. The molecule has 0 radical (unpaired) electrons. The van der Waals surface area contributed by atoms with Crippen LogP contribution >= 0.6 is 0 Å². The smallest absolute Gasteiger partial charge is 0.221 e. The zero-order valence-corrected chi connectivity index (χ0v) is 17.8. The van der Waals surface area contributed by atoms with Crippen molar-refractivity contribution in [2.24, 2.45) is 0 Å². The Hall–Kier alpha value is -2.39. The maximum Gasteiger partial charge on any atom is 0.221 e. The highest BCUT2D eigenvalue weighted by molar-refractivity contribution is 5.88. The van der Waals surface area contributed by atoms with Gasteiger partial charge in [-0.2, -0.15) is 0 Å². The molecular weight excluding hydrogens is 356 g/mol. The Morgan fingerprint density at radius 2 is 1.76 bits per heavy atom. The standard InChI is InChI=1S/C18H25N.C8H9NO/c1-14(19-16-10-3-2-4-11-16)17-13-7-9-15-8-5-6-12-18(15)17;1-7(10)9-8-5-3-2-4-6-8/h6-7,9,12-14,16,19H,2-5,8,10-11H2,1H3;2-6H,1H3,(H,9,10). The third-order valence-electron chi connectivity index (χ3n) is 5.75. The molecule has 1 amide bonds. The first kappa shape index (κ1) is 21.3. The number of fused-ring (bicyclic) bond motifs is 1. The Balaban J connectivity index is 0.000000204. The highest BCUT2D eigenvalue weighted by Crippen LogP contribution is 2.28. The fraction of sp³-hybridized carbons (Fsp3) is 0.423. The molecule has 2 N–H and O–H groups in total. The average molecular weight is 391 g/mol. The molecule has 1 saturated carbocycles. The first-order valence-corrected chi connectivity index (χ1v) is 11.0. The van der Waals surface area contributed by atoms with Crippen LogP contribution in [0.1, 0.15) is 75.1 Å². The SMILES string of the molecule is CC(=O)Nc1ccccc1.CC(NC1CCCCC1)c1cccc2c1C=CCC2. The largest absolute Gasteiger partial charge is 0.326 e. The Morgan fingerprint density at radius 3 is 2.48 bits per heavy atom. The molecule has 0 aromatic heterocycles. The van der Waals surface area contributed by atoms with Crippen LogP contribution in [-0.4, -0.2) is 11.9 Å². The van der Waals surface area contributed by atoms with Gasteiger partial charge < -0.3 is 10.6 Å². The molecule has 0 spiro atoms. The number of allylic oxidation sites excluding steroid dienone is 1. The summed E-state index contributed by atoms with van der Waals surface area (Å²) in [5, 5.41) is 6.52. The summed E-state index contributed by atoms with van der Waals surface area (Å²) in [7, 11) is 0. The van der Waals surface area contributed by atoms with E-state index in [4.69, 9.17) is 0 Å². The minimum absolute atomic E-state index is 0.0359. The molecule has 1 unspecified atom stereocenters. The van der Waals surface area contributed by atoms with Gasteiger partial charge in [-0.25, -0.2) is 0 Å². The second-order valence-corrected chi connectivity index (χ2v) is 8.13. The van der Waals surface area contributed by atoms with Crippen molar-refractivity contribution in [1.82, 2.24) is 5.32 Å². The molecule has 154 valence electrons. The predicted molar refractivity (Wildman–Crippen MR) is 123 cm³/mol. The van der Waals surface area contributed by atoms with Crippen molar-refractivity contribution >= 4 is 17.7 Å². The number of para-hydroxylation sites is 1. The maximum atomic E-state index is 10.5. The summed E-state index contributed by atoms with van der Waals surface area (Å²) >= 11 is 0. The quantitative estimate of drug-likeness (QED) is 0.645. The van der Waals surface area contributed by atoms with Crippen molar-refractivity contribution in [3.8, 4) is 0 Å². The van der Waals surface area contributed by atoms with E-state index in [1.807, 2.05) is 30.3 Å². The van der Waals surface area contributed by atoms with Gasteiger partial charge in [0, 0.05) is 24.7 Å². The third kappa shape index (κ3) is 6.57. The van der Waals surface area contributed by atoms with Gasteiger partial charge in [-0.05, 0) is 61.4 Å². The zero-order chi connectivity index (χ0) is 20.5. The topological polar surface area (TPSA) is 41.1 Å². The second-order valence-electron chi connectivity index (χ2n) is 8.13. The van der Waals surface area contributed by atoms with E-state index in [2.05, 4.69) is 47.9 Å². The van der Waals surface area contributed by atoms with Gasteiger partial charge in [0.05, 0.1) is 0 Å².